The standard InChI is InChI=1S/C11H15N3O/c1-3-14-10-7-5-4-6-9(10)13-11(14)12-8(2)15/h4-7,11,13H,3H2,1-2H3,(H,12,15). The molecule has 1 aromatic rings. The zero-order valence-electron chi connectivity index (χ0n) is 8.95. The molecule has 1 unspecified atom stereocenters. The highest BCUT2D eigenvalue weighted by molar-refractivity contribution is 5.79. The van der Waals surface area contributed by atoms with E-state index in [0.29, 0.717) is 0 Å². The van der Waals surface area contributed by atoms with Crippen LogP contribution in [-0.4, -0.2) is 18.7 Å². The summed E-state index contributed by atoms with van der Waals surface area (Å²) in [5, 5.41) is 6.13. The van der Waals surface area contributed by atoms with E-state index in [1.165, 1.54) is 6.92 Å². The molecule has 0 aromatic heterocycles. The minimum Gasteiger partial charge on any atom is -0.347 e. The quantitative estimate of drug-likeness (QED) is 0.766. The van der Waals surface area contributed by atoms with Crippen LogP contribution in [0.2, 0.25) is 0 Å². The molecule has 0 radical (unpaired) electrons. The van der Waals surface area contributed by atoms with E-state index in [0.717, 1.165) is 17.9 Å². The van der Waals surface area contributed by atoms with Crippen LogP contribution >= 0.6 is 0 Å². The number of anilines is 2. The maximum atomic E-state index is 11.0. The number of carbonyl (C=O) groups is 1. The predicted molar refractivity (Wildman–Crippen MR) is 60.7 cm³/mol. The Labute approximate surface area is 89.3 Å². The van der Waals surface area contributed by atoms with Gasteiger partial charge in [0.05, 0.1) is 11.4 Å². The van der Waals surface area contributed by atoms with Crippen LogP contribution in [0.3, 0.4) is 0 Å². The fraction of sp³-hybridized carbons (Fsp3) is 0.364. The number of nitrogens with one attached hydrogen (secondary N) is 2. The molecule has 1 aliphatic rings. The first-order valence-electron chi connectivity index (χ1n) is 5.11. The van der Waals surface area contributed by atoms with Gasteiger partial charge in [-0.3, -0.25) is 4.79 Å². The van der Waals surface area contributed by atoms with E-state index in [1.54, 1.807) is 0 Å². The van der Waals surface area contributed by atoms with E-state index in [1.807, 2.05) is 24.3 Å². The molecule has 80 valence electrons. The molecule has 1 aliphatic heterocycles. The molecular weight excluding hydrogens is 190 g/mol. The summed E-state index contributed by atoms with van der Waals surface area (Å²) in [5.74, 6) is -0.0289. The Kier molecular flexibility index (Phi) is 2.49. The minimum atomic E-state index is -0.120. The van der Waals surface area contributed by atoms with E-state index in [9.17, 15) is 4.79 Å². The lowest BCUT2D eigenvalue weighted by molar-refractivity contribution is -0.119. The van der Waals surface area contributed by atoms with Crippen LogP contribution in [0.1, 0.15) is 13.8 Å². The first kappa shape index (κ1) is 9.83. The van der Waals surface area contributed by atoms with Gasteiger partial charge < -0.3 is 15.5 Å². The first-order chi connectivity index (χ1) is 7.22. The van der Waals surface area contributed by atoms with E-state index in [2.05, 4.69) is 22.5 Å². The van der Waals surface area contributed by atoms with Crippen molar-refractivity contribution in [3.05, 3.63) is 24.3 Å². The Balaban J connectivity index is 2.24. The van der Waals surface area contributed by atoms with Crippen molar-refractivity contribution in [2.45, 2.75) is 20.1 Å². The molecule has 0 saturated heterocycles. The summed E-state index contributed by atoms with van der Waals surface area (Å²) in [6.07, 6.45) is -0.120. The van der Waals surface area contributed by atoms with Gasteiger partial charge in [-0.2, -0.15) is 0 Å². The van der Waals surface area contributed by atoms with E-state index in [-0.39, 0.29) is 12.2 Å². The Morgan fingerprint density at radius 2 is 2.27 bits per heavy atom. The SMILES string of the molecule is CCN1c2ccccc2NC1NC(C)=O. The van der Waals surface area contributed by atoms with Crippen molar-refractivity contribution in [3.8, 4) is 0 Å². The number of nitrogens with zero attached hydrogens (tertiary/aromatic N) is 1. The molecule has 15 heavy (non-hydrogen) atoms. The zero-order valence-corrected chi connectivity index (χ0v) is 8.95. The number of hydrogen-bond donors (Lipinski definition) is 2. The Bertz CT molecular complexity index is 378. The van der Waals surface area contributed by atoms with Crippen LogP contribution in [0.4, 0.5) is 11.4 Å². The van der Waals surface area contributed by atoms with Crippen molar-refractivity contribution in [2.24, 2.45) is 0 Å². The number of benzene rings is 1. The van der Waals surface area contributed by atoms with E-state index < -0.39 is 0 Å². The highest BCUT2D eigenvalue weighted by Crippen LogP contribution is 2.32. The average Bonchev–Trinajstić information content (AvgIpc) is 2.53. The number of para-hydroxylation sites is 2. The first-order valence-corrected chi connectivity index (χ1v) is 5.11. The summed E-state index contributed by atoms with van der Waals surface area (Å²) >= 11 is 0. The Morgan fingerprint density at radius 1 is 1.53 bits per heavy atom. The lowest BCUT2D eigenvalue weighted by Gasteiger charge is -2.25. The Morgan fingerprint density at radius 3 is 2.93 bits per heavy atom. The molecule has 2 rings (SSSR count). The maximum Gasteiger partial charge on any atom is 0.219 e. The van der Waals surface area contributed by atoms with Crippen LogP contribution in [0.5, 0.6) is 0 Å². The van der Waals surface area contributed by atoms with Crippen molar-refractivity contribution >= 4 is 17.3 Å². The molecule has 4 nitrogen and oxygen atoms in total. The van der Waals surface area contributed by atoms with Crippen molar-refractivity contribution in [1.29, 1.82) is 0 Å². The van der Waals surface area contributed by atoms with Crippen molar-refractivity contribution in [2.75, 3.05) is 16.8 Å². The molecule has 4 heteroatoms. The summed E-state index contributed by atoms with van der Waals surface area (Å²) in [7, 11) is 0. The van der Waals surface area contributed by atoms with Gasteiger partial charge in [0.25, 0.3) is 0 Å². The molecule has 1 amide bonds. The fourth-order valence-electron chi connectivity index (χ4n) is 1.87. The molecule has 0 saturated carbocycles. The molecule has 0 aliphatic carbocycles. The lowest BCUT2D eigenvalue weighted by Crippen LogP contribution is -2.48. The van der Waals surface area contributed by atoms with E-state index in [4.69, 9.17) is 0 Å². The Hall–Kier alpha value is -1.71. The molecule has 0 bridgehead atoms. The summed E-state index contributed by atoms with van der Waals surface area (Å²) in [6.45, 7) is 4.45. The van der Waals surface area contributed by atoms with Crippen molar-refractivity contribution < 1.29 is 4.79 Å². The smallest absolute Gasteiger partial charge is 0.219 e. The van der Waals surface area contributed by atoms with Gasteiger partial charge in [0.1, 0.15) is 0 Å². The third-order valence-corrected chi connectivity index (χ3v) is 2.50. The van der Waals surface area contributed by atoms with Crippen LogP contribution in [0, 0.1) is 0 Å². The lowest BCUT2D eigenvalue weighted by atomic mass is 10.3. The number of fused-ring (bicyclic) bond motifs is 1. The topological polar surface area (TPSA) is 44.4 Å². The number of rotatable bonds is 2. The van der Waals surface area contributed by atoms with Gasteiger partial charge in [0.2, 0.25) is 5.91 Å². The van der Waals surface area contributed by atoms with Crippen LogP contribution in [0.25, 0.3) is 0 Å². The molecule has 1 heterocycles. The number of hydrogen-bond acceptors (Lipinski definition) is 3. The molecule has 1 aromatic carbocycles. The van der Waals surface area contributed by atoms with Gasteiger partial charge in [-0.25, -0.2) is 0 Å². The maximum absolute atomic E-state index is 11.0. The van der Waals surface area contributed by atoms with E-state index >= 15 is 0 Å². The van der Waals surface area contributed by atoms with Gasteiger partial charge in [-0.05, 0) is 19.1 Å². The highest BCUT2D eigenvalue weighted by Gasteiger charge is 2.27. The van der Waals surface area contributed by atoms with Gasteiger partial charge in [0, 0.05) is 13.5 Å². The molecule has 1 atom stereocenters. The molecular formula is C11H15N3O. The zero-order chi connectivity index (χ0) is 10.8. The largest absolute Gasteiger partial charge is 0.347 e. The van der Waals surface area contributed by atoms with Gasteiger partial charge in [-0.15, -0.1) is 0 Å². The molecule has 0 fully saturated rings. The second-order valence-corrected chi connectivity index (χ2v) is 3.55. The second-order valence-electron chi connectivity index (χ2n) is 3.55. The normalized spacial score (nSPS) is 18.3. The summed E-state index contributed by atoms with van der Waals surface area (Å²) in [6, 6.07) is 8.04. The summed E-state index contributed by atoms with van der Waals surface area (Å²) < 4.78 is 0. The highest BCUT2D eigenvalue weighted by atomic mass is 16.1. The molecule has 0 spiro atoms. The second kappa shape index (κ2) is 3.81. The monoisotopic (exact) mass is 205 g/mol. The predicted octanol–water partition coefficient (Wildman–Crippen LogP) is 1.36. The van der Waals surface area contributed by atoms with Crippen molar-refractivity contribution in [1.82, 2.24) is 5.32 Å². The van der Waals surface area contributed by atoms with Crippen LogP contribution in [0.15, 0.2) is 24.3 Å². The molecule has 2 N–H and O–H groups in total. The van der Waals surface area contributed by atoms with Gasteiger partial charge >= 0.3 is 0 Å². The fourth-order valence-corrected chi connectivity index (χ4v) is 1.87. The third-order valence-electron chi connectivity index (χ3n) is 2.50. The average molecular weight is 205 g/mol. The van der Waals surface area contributed by atoms with Gasteiger partial charge in [-0.1, -0.05) is 12.1 Å². The summed E-state index contributed by atoms with van der Waals surface area (Å²) in [4.78, 5) is 13.2. The number of amides is 1. The number of carbonyl (C=O) groups excluding carboxylic acids is 1. The summed E-state index contributed by atoms with van der Waals surface area (Å²) in [5.41, 5.74) is 2.21. The minimum absolute atomic E-state index is 0.0289. The van der Waals surface area contributed by atoms with Crippen molar-refractivity contribution in [3.63, 3.8) is 0 Å². The third kappa shape index (κ3) is 1.75. The van der Waals surface area contributed by atoms with Gasteiger partial charge in [0.15, 0.2) is 6.29 Å². The van der Waals surface area contributed by atoms with Crippen LogP contribution < -0.4 is 15.5 Å². The van der Waals surface area contributed by atoms with Crippen LogP contribution in [-0.2, 0) is 4.79 Å².